The molecule has 0 spiro atoms. The van der Waals surface area contributed by atoms with Gasteiger partial charge >= 0.3 is 0 Å². The van der Waals surface area contributed by atoms with Crippen LogP contribution in [0, 0.1) is 5.82 Å². The van der Waals surface area contributed by atoms with Crippen molar-refractivity contribution >= 4 is 33.4 Å². The number of azide groups is 1. The standard InChI is InChI=1S/C33H30BrFN6O4/c34-27-11-4-3-10-26(27)30-33(20-23-8-2-6-13-29(23)39-41-36,32(43)40-37-21-24-9-1-5-12-28(24)35)38-31(45-30)22-14-16-25(17-15-22)44-19-7-18-42/h1-6,8-17,30,37,42H,7,18-21H2,(H,40,43)/t30-,33-/m0/s1. The SMILES string of the molecule is [N-]=[N+]=Nc1ccccc1C[C@]1(C(=O)NNCc2ccccc2F)N=C(c2ccc(OCCCO)cc2)O[C@H]1c1ccccc1Br. The molecule has 4 aromatic carbocycles. The highest BCUT2D eigenvalue weighted by atomic mass is 79.9. The van der Waals surface area contributed by atoms with Crippen molar-refractivity contribution < 1.29 is 23.8 Å². The highest BCUT2D eigenvalue weighted by Crippen LogP contribution is 2.45. The zero-order valence-electron chi connectivity index (χ0n) is 24.1. The van der Waals surface area contributed by atoms with E-state index in [1.807, 2.05) is 24.3 Å². The molecule has 0 aromatic heterocycles. The zero-order valence-corrected chi connectivity index (χ0v) is 25.7. The molecule has 0 fully saturated rings. The van der Waals surface area contributed by atoms with E-state index in [2.05, 4.69) is 36.8 Å². The molecule has 230 valence electrons. The Morgan fingerprint density at radius 3 is 2.49 bits per heavy atom. The van der Waals surface area contributed by atoms with Gasteiger partial charge in [-0.3, -0.25) is 10.2 Å². The second-order valence-corrected chi connectivity index (χ2v) is 11.1. The maximum absolute atomic E-state index is 14.4. The normalized spacial score (nSPS) is 17.1. The first-order valence-corrected chi connectivity index (χ1v) is 15.0. The minimum Gasteiger partial charge on any atom is -0.494 e. The lowest BCUT2D eigenvalue weighted by Crippen LogP contribution is -2.53. The number of hydrogen-bond acceptors (Lipinski definition) is 7. The molecule has 3 N–H and O–H groups in total. The van der Waals surface area contributed by atoms with Crippen LogP contribution in [0.2, 0.25) is 0 Å². The van der Waals surface area contributed by atoms with Gasteiger partial charge in [0.25, 0.3) is 5.91 Å². The fourth-order valence-electron chi connectivity index (χ4n) is 5.01. The fourth-order valence-corrected chi connectivity index (χ4v) is 5.51. The Balaban J connectivity index is 1.57. The lowest BCUT2D eigenvalue weighted by Gasteiger charge is -2.31. The van der Waals surface area contributed by atoms with Crippen LogP contribution in [0.4, 0.5) is 10.1 Å². The number of benzene rings is 4. The number of carbonyl (C=O) groups is 1. The summed E-state index contributed by atoms with van der Waals surface area (Å²) >= 11 is 3.62. The van der Waals surface area contributed by atoms with Crippen LogP contribution in [0.5, 0.6) is 5.75 Å². The summed E-state index contributed by atoms with van der Waals surface area (Å²) in [6.07, 6.45) is -0.406. The molecule has 0 saturated carbocycles. The Labute approximate surface area is 267 Å². The number of rotatable bonds is 13. The summed E-state index contributed by atoms with van der Waals surface area (Å²) < 4.78 is 27.2. The van der Waals surface area contributed by atoms with Crippen molar-refractivity contribution in [1.29, 1.82) is 0 Å². The van der Waals surface area contributed by atoms with Crippen molar-refractivity contribution in [3.05, 3.63) is 140 Å². The Morgan fingerprint density at radius 2 is 1.76 bits per heavy atom. The fraction of sp³-hybridized carbons (Fsp3) is 0.212. The smallest absolute Gasteiger partial charge is 0.266 e. The number of aliphatic imine (C=N–C) groups is 1. The predicted octanol–water partition coefficient (Wildman–Crippen LogP) is 6.61. The number of hydrazine groups is 1. The monoisotopic (exact) mass is 672 g/mol. The molecule has 2 atom stereocenters. The van der Waals surface area contributed by atoms with Gasteiger partial charge in [0.05, 0.1) is 6.61 Å². The number of aliphatic hydroxyl groups is 1. The van der Waals surface area contributed by atoms with Crippen LogP contribution in [0.3, 0.4) is 0 Å². The quantitative estimate of drug-likeness (QED) is 0.0482. The second-order valence-electron chi connectivity index (χ2n) is 10.2. The van der Waals surface area contributed by atoms with Gasteiger partial charge in [0.15, 0.2) is 11.6 Å². The molecule has 0 bridgehead atoms. The minimum absolute atomic E-state index is 0.00720. The molecule has 1 heterocycles. The topological polar surface area (TPSA) is 141 Å². The predicted molar refractivity (Wildman–Crippen MR) is 171 cm³/mol. The number of nitrogens with zero attached hydrogens (tertiary/aromatic N) is 4. The molecule has 12 heteroatoms. The van der Waals surface area contributed by atoms with E-state index < -0.39 is 23.4 Å². The van der Waals surface area contributed by atoms with Gasteiger partial charge in [-0.05, 0) is 47.5 Å². The summed E-state index contributed by atoms with van der Waals surface area (Å²) in [6, 6.07) is 27.7. The van der Waals surface area contributed by atoms with Gasteiger partial charge in [0.2, 0.25) is 5.90 Å². The van der Waals surface area contributed by atoms with E-state index in [1.165, 1.54) is 6.07 Å². The Morgan fingerprint density at radius 1 is 1.04 bits per heavy atom. The van der Waals surface area contributed by atoms with Gasteiger partial charge in [-0.2, -0.15) is 0 Å². The van der Waals surface area contributed by atoms with E-state index in [9.17, 15) is 14.7 Å². The summed E-state index contributed by atoms with van der Waals surface area (Å²) in [5, 5.41) is 12.9. The second kappa shape index (κ2) is 14.8. The Hall–Kier alpha value is -4.74. The van der Waals surface area contributed by atoms with E-state index in [0.717, 1.165) is 0 Å². The third-order valence-corrected chi connectivity index (χ3v) is 7.98. The Kier molecular flexibility index (Phi) is 10.4. The van der Waals surface area contributed by atoms with E-state index in [4.69, 9.17) is 19.6 Å². The summed E-state index contributed by atoms with van der Waals surface area (Å²) in [5.41, 5.74) is 15.8. The molecule has 0 radical (unpaired) electrons. The van der Waals surface area contributed by atoms with Gasteiger partial charge in [0, 0.05) is 57.8 Å². The molecule has 45 heavy (non-hydrogen) atoms. The molecule has 1 aliphatic heterocycles. The number of ether oxygens (including phenoxy) is 2. The van der Waals surface area contributed by atoms with Crippen LogP contribution in [0.25, 0.3) is 10.4 Å². The number of carbonyl (C=O) groups excluding carboxylic acids is 1. The number of nitrogens with one attached hydrogen (secondary N) is 2. The Bertz CT molecular complexity index is 1730. The first-order chi connectivity index (χ1) is 21.9. The summed E-state index contributed by atoms with van der Waals surface area (Å²) in [7, 11) is 0. The average molecular weight is 674 g/mol. The van der Waals surface area contributed by atoms with Crippen molar-refractivity contribution in [2.24, 2.45) is 10.1 Å². The first kappa shape index (κ1) is 31.7. The summed E-state index contributed by atoms with van der Waals surface area (Å²) in [5.74, 6) is -0.105. The molecule has 5 rings (SSSR count). The lowest BCUT2D eigenvalue weighted by molar-refractivity contribution is -0.130. The highest BCUT2D eigenvalue weighted by Gasteiger charge is 2.54. The number of hydrogen-bond donors (Lipinski definition) is 3. The van der Waals surface area contributed by atoms with Gasteiger partial charge < -0.3 is 14.6 Å². The molecule has 0 saturated heterocycles. The van der Waals surface area contributed by atoms with Crippen LogP contribution in [-0.2, 0) is 22.5 Å². The van der Waals surface area contributed by atoms with Crippen molar-refractivity contribution in [3.63, 3.8) is 0 Å². The lowest BCUT2D eigenvalue weighted by atomic mass is 9.81. The van der Waals surface area contributed by atoms with Gasteiger partial charge in [-0.15, -0.1) is 0 Å². The van der Waals surface area contributed by atoms with Gasteiger partial charge in [0.1, 0.15) is 11.6 Å². The highest BCUT2D eigenvalue weighted by molar-refractivity contribution is 9.10. The summed E-state index contributed by atoms with van der Waals surface area (Å²) in [4.78, 5) is 22.3. The van der Waals surface area contributed by atoms with Crippen LogP contribution in [-0.4, -0.2) is 35.7 Å². The average Bonchev–Trinajstić information content (AvgIpc) is 3.44. The largest absolute Gasteiger partial charge is 0.494 e. The molecule has 0 unspecified atom stereocenters. The van der Waals surface area contributed by atoms with Gasteiger partial charge in [-0.1, -0.05) is 81.7 Å². The molecule has 0 aliphatic carbocycles. The summed E-state index contributed by atoms with van der Waals surface area (Å²) in [6.45, 7) is 0.422. The van der Waals surface area contributed by atoms with E-state index in [1.54, 1.807) is 66.7 Å². The third kappa shape index (κ3) is 7.33. The van der Waals surface area contributed by atoms with E-state index in [-0.39, 0.29) is 25.5 Å². The molecule has 4 aromatic rings. The number of amides is 1. The van der Waals surface area contributed by atoms with Crippen molar-refractivity contribution in [3.8, 4) is 5.75 Å². The number of halogens is 2. The molecule has 1 aliphatic rings. The maximum atomic E-state index is 14.4. The molecule has 1 amide bonds. The third-order valence-electron chi connectivity index (χ3n) is 7.26. The van der Waals surface area contributed by atoms with Gasteiger partial charge in [-0.25, -0.2) is 14.8 Å². The van der Waals surface area contributed by atoms with Crippen molar-refractivity contribution in [2.45, 2.75) is 31.0 Å². The van der Waals surface area contributed by atoms with Crippen LogP contribution in [0.15, 0.2) is 112 Å². The maximum Gasteiger partial charge on any atom is 0.266 e. The van der Waals surface area contributed by atoms with E-state index >= 15 is 0 Å². The molecule has 10 nitrogen and oxygen atoms in total. The number of aliphatic hydroxyl groups excluding tert-OH is 1. The van der Waals surface area contributed by atoms with E-state index in [0.29, 0.717) is 51.2 Å². The minimum atomic E-state index is -1.60. The first-order valence-electron chi connectivity index (χ1n) is 14.2. The molecular weight excluding hydrogens is 643 g/mol. The van der Waals surface area contributed by atoms with Crippen molar-refractivity contribution in [1.82, 2.24) is 10.9 Å². The molecular formula is C33H30BrFN6O4. The zero-order chi connectivity index (χ0) is 31.6. The van der Waals surface area contributed by atoms with Crippen LogP contribution < -0.4 is 15.6 Å². The van der Waals surface area contributed by atoms with Crippen LogP contribution in [0.1, 0.15) is 34.8 Å². The van der Waals surface area contributed by atoms with Crippen molar-refractivity contribution in [2.75, 3.05) is 13.2 Å². The van der Waals surface area contributed by atoms with Crippen LogP contribution >= 0.6 is 15.9 Å².